The maximum absolute atomic E-state index is 8.90. The van der Waals surface area contributed by atoms with Crippen molar-refractivity contribution in [2.75, 3.05) is 26.2 Å². The Morgan fingerprint density at radius 2 is 2.45 bits per heavy atom. The summed E-state index contributed by atoms with van der Waals surface area (Å²) in [5, 5.41) is 8.90. The van der Waals surface area contributed by atoms with Crippen LogP contribution in [0.3, 0.4) is 0 Å². The summed E-state index contributed by atoms with van der Waals surface area (Å²) in [6, 6.07) is 0. The standard InChI is InChI=1S/C9H15NO/c1-2-5-10-6-3-4-9(7-10)8-11/h1,9,11H,3-8H2. The van der Waals surface area contributed by atoms with E-state index in [1.165, 1.54) is 6.42 Å². The third-order valence-electron chi connectivity index (χ3n) is 2.18. The predicted octanol–water partition coefficient (Wildman–Crippen LogP) is 0.324. The molecule has 1 saturated heterocycles. The molecule has 0 amide bonds. The molecule has 1 N–H and O–H groups in total. The molecular formula is C9H15NO. The molecule has 1 rings (SSSR count). The van der Waals surface area contributed by atoms with Gasteiger partial charge in [0.2, 0.25) is 0 Å². The molecule has 0 aromatic heterocycles. The molecule has 11 heavy (non-hydrogen) atoms. The van der Waals surface area contributed by atoms with E-state index in [2.05, 4.69) is 10.8 Å². The first-order valence-corrected chi connectivity index (χ1v) is 4.13. The van der Waals surface area contributed by atoms with Crippen LogP contribution >= 0.6 is 0 Å². The fraction of sp³-hybridized carbons (Fsp3) is 0.778. The van der Waals surface area contributed by atoms with Gasteiger partial charge >= 0.3 is 0 Å². The minimum Gasteiger partial charge on any atom is -0.396 e. The van der Waals surface area contributed by atoms with Gasteiger partial charge in [0.25, 0.3) is 0 Å². The lowest BCUT2D eigenvalue weighted by molar-refractivity contribution is 0.130. The SMILES string of the molecule is C#CCN1CCCC(CO)C1. The second kappa shape index (κ2) is 4.38. The van der Waals surface area contributed by atoms with Crippen LogP contribution < -0.4 is 0 Å². The number of piperidine rings is 1. The van der Waals surface area contributed by atoms with Gasteiger partial charge in [-0.3, -0.25) is 4.90 Å². The van der Waals surface area contributed by atoms with E-state index in [4.69, 9.17) is 11.5 Å². The number of rotatable bonds is 2. The monoisotopic (exact) mass is 153 g/mol. The zero-order valence-electron chi connectivity index (χ0n) is 6.79. The van der Waals surface area contributed by atoms with E-state index < -0.39 is 0 Å². The molecule has 0 spiro atoms. The summed E-state index contributed by atoms with van der Waals surface area (Å²) < 4.78 is 0. The molecule has 0 bridgehead atoms. The quantitative estimate of drug-likeness (QED) is 0.578. The van der Waals surface area contributed by atoms with Crippen LogP contribution in [0.25, 0.3) is 0 Å². The first-order chi connectivity index (χ1) is 5.36. The van der Waals surface area contributed by atoms with E-state index in [1.807, 2.05) is 0 Å². The number of hydrogen-bond acceptors (Lipinski definition) is 2. The summed E-state index contributed by atoms with van der Waals surface area (Å²) in [5.74, 6) is 3.08. The number of nitrogens with zero attached hydrogens (tertiary/aromatic N) is 1. The predicted molar refractivity (Wildman–Crippen MR) is 45.1 cm³/mol. The Morgan fingerprint density at radius 3 is 3.09 bits per heavy atom. The fourth-order valence-corrected chi connectivity index (χ4v) is 1.57. The van der Waals surface area contributed by atoms with Gasteiger partial charge in [-0.25, -0.2) is 0 Å². The molecular weight excluding hydrogens is 138 g/mol. The summed E-state index contributed by atoms with van der Waals surface area (Å²) in [6.07, 6.45) is 7.52. The number of likely N-dealkylation sites (tertiary alicyclic amines) is 1. The van der Waals surface area contributed by atoms with Gasteiger partial charge < -0.3 is 5.11 Å². The van der Waals surface area contributed by atoms with E-state index in [0.717, 1.165) is 26.1 Å². The highest BCUT2D eigenvalue weighted by molar-refractivity contribution is 4.89. The fourth-order valence-electron chi connectivity index (χ4n) is 1.57. The van der Waals surface area contributed by atoms with Crippen molar-refractivity contribution in [1.82, 2.24) is 4.90 Å². The Balaban J connectivity index is 2.28. The Hall–Kier alpha value is -0.520. The van der Waals surface area contributed by atoms with Crippen molar-refractivity contribution in [2.45, 2.75) is 12.8 Å². The van der Waals surface area contributed by atoms with Crippen molar-refractivity contribution in [3.05, 3.63) is 0 Å². The van der Waals surface area contributed by atoms with Gasteiger partial charge in [-0.1, -0.05) is 5.92 Å². The topological polar surface area (TPSA) is 23.5 Å². The zero-order chi connectivity index (χ0) is 8.10. The summed E-state index contributed by atoms with van der Waals surface area (Å²) in [6.45, 7) is 3.11. The Kier molecular flexibility index (Phi) is 3.41. The number of aliphatic hydroxyl groups excluding tert-OH is 1. The molecule has 1 aliphatic heterocycles. The molecule has 0 saturated carbocycles. The first kappa shape index (κ1) is 8.58. The maximum atomic E-state index is 8.90. The van der Waals surface area contributed by atoms with Crippen molar-refractivity contribution in [3.63, 3.8) is 0 Å². The third-order valence-corrected chi connectivity index (χ3v) is 2.18. The summed E-state index contributed by atoms with van der Waals surface area (Å²) in [4.78, 5) is 2.23. The molecule has 1 unspecified atom stereocenters. The largest absolute Gasteiger partial charge is 0.396 e. The molecule has 0 aromatic rings. The van der Waals surface area contributed by atoms with E-state index in [-0.39, 0.29) is 0 Å². The summed E-state index contributed by atoms with van der Waals surface area (Å²) >= 11 is 0. The molecule has 2 nitrogen and oxygen atoms in total. The lowest BCUT2D eigenvalue weighted by Crippen LogP contribution is -2.36. The molecule has 1 fully saturated rings. The highest BCUT2D eigenvalue weighted by atomic mass is 16.3. The van der Waals surface area contributed by atoms with Gasteiger partial charge in [-0.2, -0.15) is 0 Å². The normalized spacial score (nSPS) is 26.4. The van der Waals surface area contributed by atoms with E-state index in [0.29, 0.717) is 12.5 Å². The molecule has 62 valence electrons. The Morgan fingerprint density at radius 1 is 1.64 bits per heavy atom. The van der Waals surface area contributed by atoms with E-state index in [1.54, 1.807) is 0 Å². The minimum absolute atomic E-state index is 0.307. The average Bonchev–Trinajstić information content (AvgIpc) is 2.06. The van der Waals surface area contributed by atoms with Crippen LogP contribution in [0.15, 0.2) is 0 Å². The van der Waals surface area contributed by atoms with Crippen molar-refractivity contribution in [2.24, 2.45) is 5.92 Å². The third kappa shape index (κ3) is 2.53. The maximum Gasteiger partial charge on any atom is 0.0599 e. The highest BCUT2D eigenvalue weighted by Gasteiger charge is 2.17. The van der Waals surface area contributed by atoms with Gasteiger partial charge in [-0.05, 0) is 25.3 Å². The van der Waals surface area contributed by atoms with Crippen LogP contribution in [-0.2, 0) is 0 Å². The van der Waals surface area contributed by atoms with Crippen LogP contribution in [0.1, 0.15) is 12.8 Å². The molecule has 2 heteroatoms. The van der Waals surface area contributed by atoms with Crippen LogP contribution in [0.5, 0.6) is 0 Å². The summed E-state index contributed by atoms with van der Waals surface area (Å²) in [5.41, 5.74) is 0. The Bertz CT molecular complexity index is 150. The highest BCUT2D eigenvalue weighted by Crippen LogP contribution is 2.14. The van der Waals surface area contributed by atoms with Gasteiger partial charge in [0, 0.05) is 13.2 Å². The first-order valence-electron chi connectivity index (χ1n) is 4.13. The van der Waals surface area contributed by atoms with Crippen molar-refractivity contribution in [3.8, 4) is 12.3 Å². The summed E-state index contributed by atoms with van der Waals surface area (Å²) in [7, 11) is 0. The average molecular weight is 153 g/mol. The molecule has 1 heterocycles. The minimum atomic E-state index is 0.307. The van der Waals surface area contributed by atoms with E-state index in [9.17, 15) is 0 Å². The van der Waals surface area contributed by atoms with Crippen molar-refractivity contribution >= 4 is 0 Å². The van der Waals surface area contributed by atoms with Crippen LogP contribution in [0.2, 0.25) is 0 Å². The molecule has 0 radical (unpaired) electrons. The van der Waals surface area contributed by atoms with E-state index >= 15 is 0 Å². The molecule has 1 atom stereocenters. The Labute approximate surface area is 68.2 Å². The lowest BCUT2D eigenvalue weighted by Gasteiger charge is -2.30. The molecule has 0 aliphatic carbocycles. The van der Waals surface area contributed by atoms with Gasteiger partial charge in [0.15, 0.2) is 0 Å². The molecule has 0 aromatic carbocycles. The smallest absolute Gasteiger partial charge is 0.0599 e. The number of hydrogen-bond donors (Lipinski definition) is 1. The van der Waals surface area contributed by atoms with Gasteiger partial charge in [-0.15, -0.1) is 6.42 Å². The van der Waals surface area contributed by atoms with Crippen molar-refractivity contribution < 1.29 is 5.11 Å². The second-order valence-corrected chi connectivity index (χ2v) is 3.13. The van der Waals surface area contributed by atoms with Gasteiger partial charge in [0.05, 0.1) is 6.54 Å². The van der Waals surface area contributed by atoms with Crippen LogP contribution in [0, 0.1) is 18.3 Å². The van der Waals surface area contributed by atoms with Crippen LogP contribution in [-0.4, -0.2) is 36.2 Å². The zero-order valence-corrected chi connectivity index (χ0v) is 6.79. The lowest BCUT2D eigenvalue weighted by atomic mass is 9.99. The van der Waals surface area contributed by atoms with Gasteiger partial charge in [0.1, 0.15) is 0 Å². The number of terminal acetylenes is 1. The molecule has 1 aliphatic rings. The number of aliphatic hydroxyl groups is 1. The van der Waals surface area contributed by atoms with Crippen LogP contribution in [0.4, 0.5) is 0 Å². The van der Waals surface area contributed by atoms with Crippen molar-refractivity contribution in [1.29, 1.82) is 0 Å². The second-order valence-electron chi connectivity index (χ2n) is 3.13.